The molecular weight excluding hydrogens is 394 g/mol. The molecule has 1 atom stereocenters. The van der Waals surface area contributed by atoms with Crippen LogP contribution in [0.1, 0.15) is 26.8 Å². The highest BCUT2D eigenvalue weighted by Crippen LogP contribution is 2.43. The Morgan fingerprint density at radius 1 is 1.07 bits per heavy atom. The number of hydrogen-bond donors (Lipinski definition) is 1. The number of Topliss-reactive ketones (excluding diaryl/α,β-unsaturated/α-hetero) is 1. The van der Waals surface area contributed by atoms with Crippen LogP contribution in [0.15, 0.2) is 77.4 Å². The maximum Gasteiger partial charge on any atom is 0.294 e. The number of amides is 1. The first-order chi connectivity index (χ1) is 13.5. The summed E-state index contributed by atoms with van der Waals surface area (Å²) in [4.78, 5) is 28.2. The van der Waals surface area contributed by atoms with Crippen LogP contribution in [0.4, 0.5) is 5.69 Å². The number of thiophene rings is 1. The van der Waals surface area contributed by atoms with Crippen LogP contribution in [-0.4, -0.2) is 16.8 Å². The maximum absolute atomic E-state index is 13.2. The number of nitrogens with zero attached hydrogens (tertiary/aromatic N) is 1. The van der Waals surface area contributed by atoms with Gasteiger partial charge in [-0.1, -0.05) is 54.1 Å². The molecule has 0 spiro atoms. The largest absolute Gasteiger partial charge is 0.503 e. The minimum Gasteiger partial charge on any atom is -0.503 e. The maximum atomic E-state index is 13.2. The molecule has 4 nitrogen and oxygen atoms in total. The third-order valence-corrected chi connectivity index (χ3v) is 6.09. The van der Waals surface area contributed by atoms with Crippen molar-refractivity contribution in [2.75, 3.05) is 4.90 Å². The third kappa shape index (κ3) is 2.93. The van der Waals surface area contributed by atoms with Gasteiger partial charge in [0.2, 0.25) is 5.78 Å². The Morgan fingerprint density at radius 3 is 2.50 bits per heavy atom. The van der Waals surface area contributed by atoms with Gasteiger partial charge in [-0.05, 0) is 41.6 Å². The summed E-state index contributed by atoms with van der Waals surface area (Å²) in [6, 6.07) is 17.2. The lowest BCUT2D eigenvalue weighted by molar-refractivity contribution is -0.117. The van der Waals surface area contributed by atoms with Gasteiger partial charge in [-0.25, -0.2) is 0 Å². The first-order valence-electron chi connectivity index (χ1n) is 8.65. The van der Waals surface area contributed by atoms with Gasteiger partial charge >= 0.3 is 0 Å². The van der Waals surface area contributed by atoms with E-state index >= 15 is 0 Å². The molecule has 1 aliphatic heterocycles. The number of anilines is 1. The smallest absolute Gasteiger partial charge is 0.294 e. The van der Waals surface area contributed by atoms with Crippen LogP contribution in [0.3, 0.4) is 0 Å². The van der Waals surface area contributed by atoms with Crippen LogP contribution in [0.2, 0.25) is 5.02 Å². The van der Waals surface area contributed by atoms with Crippen molar-refractivity contribution >= 4 is 40.3 Å². The minimum absolute atomic E-state index is 0.0815. The molecule has 0 fully saturated rings. The molecule has 0 aliphatic carbocycles. The molecule has 6 heteroatoms. The molecule has 1 unspecified atom stereocenters. The van der Waals surface area contributed by atoms with E-state index in [-0.39, 0.29) is 11.4 Å². The Morgan fingerprint density at radius 2 is 1.82 bits per heavy atom. The van der Waals surface area contributed by atoms with Crippen LogP contribution in [-0.2, 0) is 4.79 Å². The van der Waals surface area contributed by atoms with E-state index in [2.05, 4.69) is 0 Å². The summed E-state index contributed by atoms with van der Waals surface area (Å²) in [5.74, 6) is -1.48. The third-order valence-electron chi connectivity index (χ3n) is 4.81. The normalized spacial score (nSPS) is 16.7. The lowest BCUT2D eigenvalue weighted by Crippen LogP contribution is -2.31. The van der Waals surface area contributed by atoms with Crippen molar-refractivity contribution in [2.24, 2.45) is 0 Å². The van der Waals surface area contributed by atoms with Crippen molar-refractivity contribution in [3.05, 3.63) is 98.4 Å². The first-order valence-corrected chi connectivity index (χ1v) is 9.91. The number of carbonyl (C=O) groups is 2. The number of halogens is 1. The molecule has 1 aliphatic rings. The summed E-state index contributed by atoms with van der Waals surface area (Å²) in [6.45, 7) is 1.81. The molecule has 1 N–H and O–H groups in total. The second kappa shape index (κ2) is 7.26. The fraction of sp³-hybridized carbons (Fsp3) is 0.0909. The molecule has 2 aromatic carbocycles. The van der Waals surface area contributed by atoms with E-state index in [1.165, 1.54) is 16.2 Å². The highest BCUT2D eigenvalue weighted by atomic mass is 35.5. The van der Waals surface area contributed by atoms with E-state index in [9.17, 15) is 14.7 Å². The van der Waals surface area contributed by atoms with Crippen molar-refractivity contribution in [3.8, 4) is 0 Å². The van der Waals surface area contributed by atoms with Crippen molar-refractivity contribution in [3.63, 3.8) is 0 Å². The summed E-state index contributed by atoms with van der Waals surface area (Å²) in [5, 5.41) is 13.0. The number of aliphatic hydroxyl groups is 1. The Bertz CT molecular complexity index is 1090. The summed E-state index contributed by atoms with van der Waals surface area (Å²) < 4.78 is 0. The molecule has 140 valence electrons. The average Bonchev–Trinajstić information content (AvgIpc) is 3.32. The SMILES string of the molecule is Cc1c(Cl)cccc1N1C(=O)C(O)=C(C(=O)c2cccs2)C1c1ccccc1. The molecule has 1 aromatic heterocycles. The Balaban J connectivity index is 1.92. The minimum atomic E-state index is -0.736. The summed E-state index contributed by atoms with van der Waals surface area (Å²) in [7, 11) is 0. The van der Waals surface area contributed by atoms with E-state index in [1.54, 1.807) is 35.7 Å². The molecule has 1 amide bonds. The summed E-state index contributed by atoms with van der Waals surface area (Å²) in [6.07, 6.45) is 0. The van der Waals surface area contributed by atoms with Crippen LogP contribution >= 0.6 is 22.9 Å². The molecule has 0 saturated heterocycles. The van der Waals surface area contributed by atoms with Crippen molar-refractivity contribution < 1.29 is 14.7 Å². The van der Waals surface area contributed by atoms with Crippen LogP contribution in [0.25, 0.3) is 0 Å². The van der Waals surface area contributed by atoms with Gasteiger partial charge in [0.1, 0.15) is 0 Å². The molecule has 0 bridgehead atoms. The fourth-order valence-electron chi connectivity index (χ4n) is 3.43. The van der Waals surface area contributed by atoms with Gasteiger partial charge in [-0.2, -0.15) is 0 Å². The van der Waals surface area contributed by atoms with E-state index in [1.807, 2.05) is 37.3 Å². The molecular formula is C22H16ClNO3S. The molecule has 3 aromatic rings. The lowest BCUT2D eigenvalue weighted by atomic mass is 9.95. The highest BCUT2D eigenvalue weighted by molar-refractivity contribution is 7.12. The van der Waals surface area contributed by atoms with E-state index < -0.39 is 17.7 Å². The first kappa shape index (κ1) is 18.5. The second-order valence-corrected chi connectivity index (χ2v) is 7.80. The molecule has 28 heavy (non-hydrogen) atoms. The average molecular weight is 410 g/mol. The lowest BCUT2D eigenvalue weighted by Gasteiger charge is -2.28. The summed E-state index contributed by atoms with van der Waals surface area (Å²) >= 11 is 7.55. The Hall–Kier alpha value is -2.89. The topological polar surface area (TPSA) is 57.6 Å². The van der Waals surface area contributed by atoms with Gasteiger partial charge in [0.25, 0.3) is 5.91 Å². The van der Waals surface area contributed by atoms with Gasteiger partial charge in [0.05, 0.1) is 16.5 Å². The van der Waals surface area contributed by atoms with Crippen molar-refractivity contribution in [2.45, 2.75) is 13.0 Å². The van der Waals surface area contributed by atoms with E-state index in [0.717, 1.165) is 5.56 Å². The van der Waals surface area contributed by atoms with Crippen LogP contribution in [0.5, 0.6) is 0 Å². The van der Waals surface area contributed by atoms with Gasteiger partial charge in [-0.15, -0.1) is 11.3 Å². The van der Waals surface area contributed by atoms with Gasteiger partial charge in [0.15, 0.2) is 5.76 Å². The number of aliphatic hydroxyl groups excluding tert-OH is 1. The van der Waals surface area contributed by atoms with Gasteiger partial charge in [0, 0.05) is 10.7 Å². The van der Waals surface area contributed by atoms with Gasteiger partial charge in [-0.3, -0.25) is 14.5 Å². The second-order valence-electron chi connectivity index (χ2n) is 6.44. The van der Waals surface area contributed by atoms with E-state index in [4.69, 9.17) is 11.6 Å². The molecule has 0 saturated carbocycles. The quantitative estimate of drug-likeness (QED) is 0.579. The number of benzene rings is 2. The highest BCUT2D eigenvalue weighted by Gasteiger charge is 2.45. The van der Waals surface area contributed by atoms with Crippen LogP contribution in [0, 0.1) is 6.92 Å². The number of hydrogen-bond acceptors (Lipinski definition) is 4. The van der Waals surface area contributed by atoms with Crippen LogP contribution < -0.4 is 4.90 Å². The molecule has 2 heterocycles. The van der Waals surface area contributed by atoms with Crippen molar-refractivity contribution in [1.29, 1.82) is 0 Å². The zero-order chi connectivity index (χ0) is 19.8. The number of rotatable bonds is 4. The molecule has 4 rings (SSSR count). The van der Waals surface area contributed by atoms with Crippen molar-refractivity contribution in [1.82, 2.24) is 0 Å². The number of carbonyl (C=O) groups excluding carboxylic acids is 2. The Labute approximate surface area is 171 Å². The predicted octanol–water partition coefficient (Wildman–Crippen LogP) is 5.49. The van der Waals surface area contributed by atoms with E-state index in [0.29, 0.717) is 21.2 Å². The monoisotopic (exact) mass is 409 g/mol. The van der Waals surface area contributed by atoms with Gasteiger partial charge < -0.3 is 5.11 Å². The number of ketones is 1. The fourth-order valence-corrected chi connectivity index (χ4v) is 4.28. The zero-order valence-electron chi connectivity index (χ0n) is 14.9. The zero-order valence-corrected chi connectivity index (χ0v) is 16.5. The molecule has 0 radical (unpaired) electrons. The summed E-state index contributed by atoms with van der Waals surface area (Å²) in [5.41, 5.74) is 2.08. The standard InChI is InChI=1S/C22H16ClNO3S/c1-13-15(23)9-5-10-16(13)24-19(14-7-3-2-4-8-14)18(21(26)22(24)27)20(25)17-11-6-12-28-17/h2-12,19,26H,1H3. The predicted molar refractivity (Wildman–Crippen MR) is 111 cm³/mol. The Kier molecular flexibility index (Phi) is 4.79.